The van der Waals surface area contributed by atoms with Gasteiger partial charge in [-0.15, -0.1) is 0 Å². The molecule has 1 heterocycles. The van der Waals surface area contributed by atoms with E-state index in [2.05, 4.69) is 158 Å². The second-order valence-corrected chi connectivity index (χ2v) is 12.9. The minimum Gasteiger partial charge on any atom is -0.256 e. The van der Waals surface area contributed by atoms with Crippen LogP contribution in [0, 0.1) is 0 Å². The van der Waals surface area contributed by atoms with Gasteiger partial charge >= 0.3 is 0 Å². The molecule has 0 fully saturated rings. The molecular formula is C47H35N. The highest BCUT2D eigenvalue weighted by Crippen LogP contribution is 2.46. The molecule has 0 saturated heterocycles. The second-order valence-electron chi connectivity index (χ2n) is 12.9. The Morgan fingerprint density at radius 1 is 0.396 bits per heavy atom. The highest BCUT2D eigenvalue weighted by molar-refractivity contribution is 6.22. The van der Waals surface area contributed by atoms with E-state index in [1.54, 1.807) is 0 Å². The van der Waals surface area contributed by atoms with Gasteiger partial charge in [-0.1, -0.05) is 152 Å². The molecule has 7 aromatic rings. The minimum absolute atomic E-state index is 0.971. The molecule has 1 aromatic heterocycles. The highest BCUT2D eigenvalue weighted by Gasteiger charge is 2.21. The van der Waals surface area contributed by atoms with Gasteiger partial charge in [0.1, 0.15) is 0 Å². The van der Waals surface area contributed by atoms with E-state index in [0.717, 1.165) is 36.9 Å². The van der Waals surface area contributed by atoms with Crippen molar-refractivity contribution < 1.29 is 0 Å². The summed E-state index contributed by atoms with van der Waals surface area (Å²) in [6.07, 6.45) is 17.5. The number of pyridine rings is 1. The Labute approximate surface area is 281 Å². The summed E-state index contributed by atoms with van der Waals surface area (Å²) in [6.45, 7) is 0. The zero-order valence-electron chi connectivity index (χ0n) is 26.9. The second kappa shape index (κ2) is 12.1. The number of hydrogen-bond donors (Lipinski definition) is 0. The normalized spacial score (nSPS) is 14.6. The van der Waals surface area contributed by atoms with Crippen LogP contribution in [0.15, 0.2) is 164 Å². The molecule has 0 unspecified atom stereocenters. The number of aromatic nitrogens is 1. The number of benzene rings is 6. The van der Waals surface area contributed by atoms with Gasteiger partial charge in [0.15, 0.2) is 0 Å². The van der Waals surface area contributed by atoms with Crippen LogP contribution in [0.5, 0.6) is 0 Å². The SMILES string of the molecule is C1=CCCC(c2cccc3c(-c4c5ccccc5c(C5=CC=C(c6cccnc6-c6ccccc6)CC5)c5ccccc45)cccc23)=C1. The zero-order chi connectivity index (χ0) is 31.9. The maximum atomic E-state index is 4.81. The van der Waals surface area contributed by atoms with Crippen LogP contribution in [0.4, 0.5) is 0 Å². The highest BCUT2D eigenvalue weighted by atomic mass is 14.7. The first-order valence-electron chi connectivity index (χ1n) is 17.1. The Morgan fingerprint density at radius 2 is 0.958 bits per heavy atom. The summed E-state index contributed by atoms with van der Waals surface area (Å²) in [5.41, 5.74) is 12.9. The third kappa shape index (κ3) is 4.82. The Morgan fingerprint density at radius 3 is 1.62 bits per heavy atom. The van der Waals surface area contributed by atoms with Crippen molar-refractivity contribution in [2.45, 2.75) is 25.7 Å². The summed E-state index contributed by atoms with van der Waals surface area (Å²) in [5.74, 6) is 0. The van der Waals surface area contributed by atoms with Crippen LogP contribution in [0.3, 0.4) is 0 Å². The van der Waals surface area contributed by atoms with Crippen molar-refractivity contribution in [1.82, 2.24) is 4.98 Å². The molecule has 0 atom stereocenters. The molecule has 0 spiro atoms. The predicted octanol–water partition coefficient (Wildman–Crippen LogP) is 12.9. The van der Waals surface area contributed by atoms with E-state index in [1.807, 2.05) is 6.20 Å². The first kappa shape index (κ1) is 28.4. The topological polar surface area (TPSA) is 12.9 Å². The molecule has 0 aliphatic heterocycles. The lowest BCUT2D eigenvalue weighted by Crippen LogP contribution is -1.99. The van der Waals surface area contributed by atoms with Crippen LogP contribution in [-0.2, 0) is 0 Å². The Kier molecular flexibility index (Phi) is 7.17. The fourth-order valence-electron chi connectivity index (χ4n) is 7.96. The fraction of sp³-hybridized carbons (Fsp3) is 0.0851. The van der Waals surface area contributed by atoms with E-state index in [9.17, 15) is 0 Å². The molecule has 6 aromatic carbocycles. The summed E-state index contributed by atoms with van der Waals surface area (Å²) in [5, 5.41) is 7.87. The molecule has 0 N–H and O–H groups in total. The molecule has 1 nitrogen and oxygen atoms in total. The molecule has 0 radical (unpaired) electrons. The largest absolute Gasteiger partial charge is 0.256 e. The molecule has 0 amide bonds. The molecule has 48 heavy (non-hydrogen) atoms. The summed E-state index contributed by atoms with van der Waals surface area (Å²) in [4.78, 5) is 4.81. The summed E-state index contributed by atoms with van der Waals surface area (Å²) in [7, 11) is 0. The van der Waals surface area contributed by atoms with Crippen LogP contribution < -0.4 is 0 Å². The number of fused-ring (bicyclic) bond motifs is 3. The fourth-order valence-corrected chi connectivity index (χ4v) is 7.96. The lowest BCUT2D eigenvalue weighted by atomic mass is 9.81. The molecule has 9 rings (SSSR count). The number of rotatable bonds is 5. The van der Waals surface area contributed by atoms with Crippen molar-refractivity contribution in [3.63, 3.8) is 0 Å². The lowest BCUT2D eigenvalue weighted by molar-refractivity contribution is 1.06. The van der Waals surface area contributed by atoms with Crippen LogP contribution >= 0.6 is 0 Å². The van der Waals surface area contributed by atoms with Crippen molar-refractivity contribution in [3.8, 4) is 22.4 Å². The van der Waals surface area contributed by atoms with Gasteiger partial charge in [-0.2, -0.15) is 0 Å². The number of hydrogen-bond acceptors (Lipinski definition) is 1. The lowest BCUT2D eigenvalue weighted by Gasteiger charge is -2.23. The molecular weight excluding hydrogens is 579 g/mol. The van der Waals surface area contributed by atoms with Gasteiger partial charge in [-0.05, 0) is 103 Å². The van der Waals surface area contributed by atoms with Crippen molar-refractivity contribution in [2.75, 3.05) is 0 Å². The molecule has 0 saturated carbocycles. The maximum absolute atomic E-state index is 4.81. The maximum Gasteiger partial charge on any atom is 0.0777 e. The zero-order valence-corrected chi connectivity index (χ0v) is 26.9. The molecule has 0 bridgehead atoms. The minimum atomic E-state index is 0.971. The van der Waals surface area contributed by atoms with Gasteiger partial charge in [0.05, 0.1) is 5.69 Å². The van der Waals surface area contributed by atoms with Crippen molar-refractivity contribution in [3.05, 3.63) is 181 Å². The average molecular weight is 614 g/mol. The molecule has 2 aliphatic rings. The predicted molar refractivity (Wildman–Crippen MR) is 206 cm³/mol. The van der Waals surface area contributed by atoms with Crippen molar-refractivity contribution in [1.29, 1.82) is 0 Å². The van der Waals surface area contributed by atoms with Gasteiger partial charge in [0.25, 0.3) is 0 Å². The third-order valence-electron chi connectivity index (χ3n) is 10.2. The quantitative estimate of drug-likeness (QED) is 0.176. The van der Waals surface area contributed by atoms with Crippen molar-refractivity contribution >= 4 is 49.0 Å². The van der Waals surface area contributed by atoms with Crippen LogP contribution in [-0.4, -0.2) is 4.98 Å². The van der Waals surface area contributed by atoms with Crippen LogP contribution in [0.2, 0.25) is 0 Å². The Bertz CT molecular complexity index is 2430. The summed E-state index contributed by atoms with van der Waals surface area (Å²) >= 11 is 0. The average Bonchev–Trinajstić information content (AvgIpc) is 3.17. The third-order valence-corrected chi connectivity index (χ3v) is 10.2. The van der Waals surface area contributed by atoms with E-state index in [-0.39, 0.29) is 0 Å². The van der Waals surface area contributed by atoms with E-state index in [1.165, 1.54) is 76.9 Å². The van der Waals surface area contributed by atoms with E-state index < -0.39 is 0 Å². The molecule has 2 aliphatic carbocycles. The Balaban J connectivity index is 1.23. The first-order chi connectivity index (χ1) is 23.8. The molecule has 1 heteroatoms. The van der Waals surface area contributed by atoms with Crippen molar-refractivity contribution in [2.24, 2.45) is 0 Å². The summed E-state index contributed by atoms with van der Waals surface area (Å²) in [6, 6.07) is 46.6. The van der Waals surface area contributed by atoms with Gasteiger partial charge in [0, 0.05) is 17.3 Å². The number of nitrogens with zero attached hydrogens (tertiary/aromatic N) is 1. The summed E-state index contributed by atoms with van der Waals surface area (Å²) < 4.78 is 0. The van der Waals surface area contributed by atoms with E-state index in [0.29, 0.717) is 0 Å². The van der Waals surface area contributed by atoms with Crippen LogP contribution in [0.1, 0.15) is 42.4 Å². The molecule has 228 valence electrons. The van der Waals surface area contributed by atoms with E-state index >= 15 is 0 Å². The monoisotopic (exact) mass is 613 g/mol. The first-order valence-corrected chi connectivity index (χ1v) is 17.1. The van der Waals surface area contributed by atoms with Gasteiger partial charge in [-0.25, -0.2) is 0 Å². The van der Waals surface area contributed by atoms with Gasteiger partial charge in [-0.3, -0.25) is 4.98 Å². The van der Waals surface area contributed by atoms with Crippen LogP contribution in [0.25, 0.3) is 71.4 Å². The van der Waals surface area contributed by atoms with Gasteiger partial charge < -0.3 is 0 Å². The number of allylic oxidation sites excluding steroid dienone is 8. The van der Waals surface area contributed by atoms with Gasteiger partial charge in [0.2, 0.25) is 0 Å². The smallest absolute Gasteiger partial charge is 0.0777 e. The van der Waals surface area contributed by atoms with E-state index in [4.69, 9.17) is 4.98 Å². The Hall–Kier alpha value is -5.79. The standard InChI is InChI=1S/C47H35N/c1-3-14-32(15-4-1)36-22-11-24-39-38(36)23-12-25-40(39)46-43-20-9-7-18-41(43)45(42-19-8-10-21-44(42)46)34-29-27-33(28-30-34)37-26-13-31-48-47(37)35-16-5-2-6-17-35/h1-3,5-14,16-27,29,31H,4,15,28,30H2.